The van der Waals surface area contributed by atoms with Crippen molar-refractivity contribution < 1.29 is 19.1 Å². The van der Waals surface area contributed by atoms with Crippen molar-refractivity contribution in [2.45, 2.75) is 32.8 Å². The highest BCUT2D eigenvalue weighted by atomic mass is 16.5. The first-order chi connectivity index (χ1) is 14.0. The molecule has 0 spiro atoms. The van der Waals surface area contributed by atoms with Gasteiger partial charge in [-0.05, 0) is 57.0 Å². The van der Waals surface area contributed by atoms with Crippen LogP contribution in [-0.2, 0) is 4.79 Å². The Kier molecular flexibility index (Phi) is 6.69. The van der Waals surface area contributed by atoms with Gasteiger partial charge in [0.25, 0.3) is 5.91 Å². The molecular formula is C22H27N3O4. The van der Waals surface area contributed by atoms with Crippen molar-refractivity contribution in [3.8, 4) is 11.5 Å². The second-order valence-electron chi connectivity index (χ2n) is 7.30. The molecule has 0 radical (unpaired) electrons. The van der Waals surface area contributed by atoms with Crippen LogP contribution < -0.4 is 14.8 Å². The molecule has 1 aliphatic heterocycles. The Morgan fingerprint density at radius 1 is 1.14 bits per heavy atom. The molecule has 0 saturated carbocycles. The van der Waals surface area contributed by atoms with Crippen molar-refractivity contribution in [2.24, 2.45) is 5.92 Å². The van der Waals surface area contributed by atoms with E-state index in [-0.39, 0.29) is 23.8 Å². The minimum Gasteiger partial charge on any atom is -0.493 e. The van der Waals surface area contributed by atoms with Gasteiger partial charge in [0.1, 0.15) is 5.82 Å². The molecule has 1 aromatic carbocycles. The highest BCUT2D eigenvalue weighted by molar-refractivity contribution is 5.95. The highest BCUT2D eigenvalue weighted by Crippen LogP contribution is 2.30. The van der Waals surface area contributed by atoms with Gasteiger partial charge >= 0.3 is 0 Å². The van der Waals surface area contributed by atoms with Crippen LogP contribution in [0.25, 0.3) is 0 Å². The van der Waals surface area contributed by atoms with Crippen molar-refractivity contribution in [3.63, 3.8) is 0 Å². The Morgan fingerprint density at radius 2 is 1.90 bits per heavy atom. The number of methoxy groups -OCH3 is 1. The van der Waals surface area contributed by atoms with Crippen molar-refractivity contribution in [2.75, 3.05) is 25.5 Å². The molecule has 0 atom stereocenters. The van der Waals surface area contributed by atoms with Gasteiger partial charge in [0.2, 0.25) is 5.91 Å². The SMILES string of the molecule is COc1cc(C(=O)N2CCC(C(=O)Nc3ccccn3)CC2)ccc1OC(C)C. The van der Waals surface area contributed by atoms with Crippen molar-refractivity contribution in [1.82, 2.24) is 9.88 Å². The minimum atomic E-state index is -0.127. The first-order valence-electron chi connectivity index (χ1n) is 9.83. The number of nitrogens with one attached hydrogen (secondary N) is 1. The summed E-state index contributed by atoms with van der Waals surface area (Å²) in [5.41, 5.74) is 0.550. The third-order valence-corrected chi connectivity index (χ3v) is 4.84. The zero-order valence-corrected chi connectivity index (χ0v) is 17.1. The third-order valence-electron chi connectivity index (χ3n) is 4.84. The van der Waals surface area contributed by atoms with Crippen molar-refractivity contribution in [3.05, 3.63) is 48.2 Å². The average Bonchev–Trinajstić information content (AvgIpc) is 2.74. The lowest BCUT2D eigenvalue weighted by Gasteiger charge is -2.31. The topological polar surface area (TPSA) is 80.8 Å². The van der Waals surface area contributed by atoms with Crippen LogP contribution in [0.2, 0.25) is 0 Å². The monoisotopic (exact) mass is 397 g/mol. The molecule has 1 aliphatic rings. The lowest BCUT2D eigenvalue weighted by Crippen LogP contribution is -2.41. The number of piperidine rings is 1. The van der Waals surface area contributed by atoms with Crippen LogP contribution >= 0.6 is 0 Å². The summed E-state index contributed by atoms with van der Waals surface area (Å²) in [6.07, 6.45) is 2.90. The van der Waals surface area contributed by atoms with Gasteiger partial charge in [-0.15, -0.1) is 0 Å². The number of rotatable bonds is 6. The first-order valence-corrected chi connectivity index (χ1v) is 9.83. The van der Waals surface area contributed by atoms with Crippen LogP contribution in [0.1, 0.15) is 37.0 Å². The molecule has 2 amide bonds. The number of likely N-dealkylation sites (tertiary alicyclic amines) is 1. The number of benzene rings is 1. The number of anilines is 1. The Hall–Kier alpha value is -3.09. The van der Waals surface area contributed by atoms with E-state index >= 15 is 0 Å². The minimum absolute atomic E-state index is 0.0155. The van der Waals surface area contributed by atoms with Gasteiger partial charge in [-0.2, -0.15) is 0 Å². The molecule has 3 rings (SSSR count). The number of pyridine rings is 1. The Morgan fingerprint density at radius 3 is 2.52 bits per heavy atom. The van der Waals surface area contributed by atoms with Crippen LogP contribution in [0.3, 0.4) is 0 Å². The number of nitrogens with zero attached hydrogens (tertiary/aromatic N) is 2. The number of ether oxygens (including phenoxy) is 2. The number of amides is 2. The van der Waals surface area contributed by atoms with Crippen LogP contribution in [0.15, 0.2) is 42.6 Å². The smallest absolute Gasteiger partial charge is 0.253 e. The third kappa shape index (κ3) is 5.25. The van der Waals surface area contributed by atoms with Crippen molar-refractivity contribution >= 4 is 17.6 Å². The predicted octanol–water partition coefficient (Wildman–Crippen LogP) is 3.37. The van der Waals surface area contributed by atoms with Gasteiger partial charge in [0.05, 0.1) is 13.2 Å². The standard InChI is InChI=1S/C22H27N3O4/c1-15(2)29-18-8-7-17(14-19(18)28-3)22(27)25-12-9-16(10-13-25)21(26)24-20-6-4-5-11-23-20/h4-8,11,14-16H,9-10,12-13H2,1-3H3,(H,23,24,26). The quantitative estimate of drug-likeness (QED) is 0.808. The summed E-state index contributed by atoms with van der Waals surface area (Å²) in [5, 5.41) is 2.84. The molecule has 2 heterocycles. The van der Waals surface area contributed by atoms with Crippen LogP contribution in [0.5, 0.6) is 11.5 Å². The zero-order chi connectivity index (χ0) is 20.8. The van der Waals surface area contributed by atoms with Gasteiger partial charge in [0, 0.05) is 30.8 Å². The Labute approximate surface area is 171 Å². The summed E-state index contributed by atoms with van der Waals surface area (Å²) in [4.78, 5) is 31.2. The fourth-order valence-electron chi connectivity index (χ4n) is 3.34. The van der Waals surface area contributed by atoms with E-state index in [9.17, 15) is 9.59 Å². The summed E-state index contributed by atoms with van der Waals surface area (Å²) in [6, 6.07) is 10.6. The van der Waals surface area contributed by atoms with Gasteiger partial charge in [-0.25, -0.2) is 4.98 Å². The second kappa shape index (κ2) is 9.41. The molecule has 2 aromatic rings. The van der Waals surface area contributed by atoms with E-state index in [0.29, 0.717) is 48.8 Å². The highest BCUT2D eigenvalue weighted by Gasteiger charge is 2.28. The summed E-state index contributed by atoms with van der Waals surface area (Å²) in [7, 11) is 1.56. The molecule has 7 nitrogen and oxygen atoms in total. The number of carbonyl (C=O) groups is 2. The predicted molar refractivity (Wildman–Crippen MR) is 110 cm³/mol. The summed E-state index contributed by atoms with van der Waals surface area (Å²) in [5.74, 6) is 1.46. The van der Waals surface area contributed by atoms with E-state index < -0.39 is 0 Å². The van der Waals surface area contributed by atoms with E-state index in [0.717, 1.165) is 0 Å². The molecular weight excluding hydrogens is 370 g/mol. The lowest BCUT2D eigenvalue weighted by molar-refractivity contribution is -0.121. The Balaban J connectivity index is 1.59. The maximum absolute atomic E-state index is 12.9. The van der Waals surface area contributed by atoms with Crippen LogP contribution in [0.4, 0.5) is 5.82 Å². The van der Waals surface area contributed by atoms with Gasteiger partial charge in [0.15, 0.2) is 11.5 Å². The molecule has 1 aromatic heterocycles. The molecule has 1 saturated heterocycles. The maximum Gasteiger partial charge on any atom is 0.253 e. The lowest BCUT2D eigenvalue weighted by atomic mass is 9.95. The fraction of sp³-hybridized carbons (Fsp3) is 0.409. The van der Waals surface area contributed by atoms with E-state index in [1.165, 1.54) is 0 Å². The van der Waals surface area contributed by atoms with Crippen LogP contribution in [0, 0.1) is 5.92 Å². The average molecular weight is 397 g/mol. The number of hydrogen-bond donors (Lipinski definition) is 1. The molecule has 1 fully saturated rings. The molecule has 1 N–H and O–H groups in total. The molecule has 29 heavy (non-hydrogen) atoms. The molecule has 7 heteroatoms. The maximum atomic E-state index is 12.9. The normalized spacial score (nSPS) is 14.6. The molecule has 0 aliphatic carbocycles. The van der Waals surface area contributed by atoms with E-state index in [1.807, 2.05) is 19.9 Å². The van der Waals surface area contributed by atoms with Gasteiger partial charge in [-0.1, -0.05) is 6.07 Å². The fourth-order valence-corrected chi connectivity index (χ4v) is 3.34. The number of aromatic nitrogens is 1. The number of hydrogen-bond acceptors (Lipinski definition) is 5. The zero-order valence-electron chi connectivity index (χ0n) is 17.1. The van der Waals surface area contributed by atoms with Gasteiger partial charge in [-0.3, -0.25) is 9.59 Å². The van der Waals surface area contributed by atoms with E-state index in [2.05, 4.69) is 10.3 Å². The Bertz CT molecular complexity index is 846. The summed E-state index contributed by atoms with van der Waals surface area (Å²) >= 11 is 0. The summed E-state index contributed by atoms with van der Waals surface area (Å²) < 4.78 is 11.1. The van der Waals surface area contributed by atoms with Crippen LogP contribution in [-0.4, -0.2) is 48.0 Å². The largest absolute Gasteiger partial charge is 0.493 e. The van der Waals surface area contributed by atoms with E-state index in [4.69, 9.17) is 9.47 Å². The molecule has 0 unspecified atom stereocenters. The first kappa shape index (κ1) is 20.6. The second-order valence-corrected chi connectivity index (χ2v) is 7.30. The number of carbonyl (C=O) groups excluding carboxylic acids is 2. The molecule has 154 valence electrons. The van der Waals surface area contributed by atoms with Gasteiger partial charge < -0.3 is 19.7 Å². The molecule has 0 bridgehead atoms. The summed E-state index contributed by atoms with van der Waals surface area (Å²) in [6.45, 7) is 4.94. The van der Waals surface area contributed by atoms with Crippen molar-refractivity contribution in [1.29, 1.82) is 0 Å². The van der Waals surface area contributed by atoms with E-state index in [1.54, 1.807) is 48.5 Å².